The van der Waals surface area contributed by atoms with Crippen molar-refractivity contribution in [3.8, 4) is 0 Å². The fourth-order valence-electron chi connectivity index (χ4n) is 2.39. The van der Waals surface area contributed by atoms with Crippen LogP contribution in [0.4, 0.5) is 5.69 Å². The lowest BCUT2D eigenvalue weighted by atomic mass is 10.0. The van der Waals surface area contributed by atoms with Crippen molar-refractivity contribution in [1.82, 2.24) is 10.2 Å². The number of nitrogens with two attached hydrogens (primary N) is 2. The lowest BCUT2D eigenvalue weighted by molar-refractivity contribution is -0.119. The lowest BCUT2D eigenvalue weighted by Gasteiger charge is -2.31. The second-order valence-corrected chi connectivity index (χ2v) is 6.08. The van der Waals surface area contributed by atoms with Crippen molar-refractivity contribution < 1.29 is 9.59 Å². The number of anilines is 1. The molecule has 0 bridgehead atoms. The number of amides is 2. The molecule has 2 rings (SSSR count). The molecule has 0 aromatic heterocycles. The van der Waals surface area contributed by atoms with Crippen LogP contribution in [0.1, 0.15) is 23.2 Å². The molecule has 0 saturated carbocycles. The maximum atomic E-state index is 12.2. The SMILES string of the molecule is NC(=O)CN1CCC(NC(=O)c2ccc(N)c(Br)c2)CC1. The molecule has 1 aliphatic rings. The normalized spacial score (nSPS) is 16.6. The van der Waals surface area contributed by atoms with Gasteiger partial charge in [-0.3, -0.25) is 14.5 Å². The molecule has 1 saturated heterocycles. The summed E-state index contributed by atoms with van der Waals surface area (Å²) in [5.41, 5.74) is 12.1. The molecule has 21 heavy (non-hydrogen) atoms. The van der Waals surface area contributed by atoms with Crippen molar-refractivity contribution in [2.45, 2.75) is 18.9 Å². The minimum Gasteiger partial charge on any atom is -0.398 e. The molecule has 0 atom stereocenters. The summed E-state index contributed by atoms with van der Waals surface area (Å²) in [7, 11) is 0. The smallest absolute Gasteiger partial charge is 0.251 e. The van der Waals surface area contributed by atoms with Gasteiger partial charge >= 0.3 is 0 Å². The Morgan fingerprint density at radius 3 is 2.57 bits per heavy atom. The van der Waals surface area contributed by atoms with E-state index in [9.17, 15) is 9.59 Å². The van der Waals surface area contributed by atoms with E-state index in [2.05, 4.69) is 21.2 Å². The first-order valence-electron chi connectivity index (χ1n) is 6.82. The number of benzene rings is 1. The van der Waals surface area contributed by atoms with E-state index >= 15 is 0 Å². The summed E-state index contributed by atoms with van der Waals surface area (Å²) in [4.78, 5) is 25.0. The Balaban J connectivity index is 1.86. The molecule has 0 unspecified atom stereocenters. The van der Waals surface area contributed by atoms with Gasteiger partial charge in [-0.15, -0.1) is 0 Å². The zero-order valence-corrected chi connectivity index (χ0v) is 13.2. The first kappa shape index (κ1) is 15.8. The number of hydrogen-bond acceptors (Lipinski definition) is 4. The monoisotopic (exact) mass is 354 g/mol. The van der Waals surface area contributed by atoms with Crippen LogP contribution >= 0.6 is 15.9 Å². The van der Waals surface area contributed by atoms with Gasteiger partial charge in [0.25, 0.3) is 5.91 Å². The summed E-state index contributed by atoms with van der Waals surface area (Å²) < 4.78 is 0.714. The van der Waals surface area contributed by atoms with Crippen LogP contribution in [0, 0.1) is 0 Å². The Morgan fingerprint density at radius 1 is 1.33 bits per heavy atom. The highest BCUT2D eigenvalue weighted by atomic mass is 79.9. The average Bonchev–Trinajstić information content (AvgIpc) is 2.43. The Hall–Kier alpha value is -1.60. The Morgan fingerprint density at radius 2 is 2.00 bits per heavy atom. The standard InChI is InChI=1S/C14H19BrN4O2/c15-11-7-9(1-2-12(11)16)14(21)18-10-3-5-19(6-4-10)8-13(17)20/h1-2,7,10H,3-6,8,16H2,(H2,17,20)(H,18,21). The number of rotatable bonds is 4. The number of nitrogen functional groups attached to an aromatic ring is 1. The van der Waals surface area contributed by atoms with Gasteiger partial charge in [0, 0.05) is 34.9 Å². The van der Waals surface area contributed by atoms with Crippen molar-refractivity contribution in [2.75, 3.05) is 25.4 Å². The minimum atomic E-state index is -0.316. The van der Waals surface area contributed by atoms with Gasteiger partial charge < -0.3 is 16.8 Å². The third-order valence-electron chi connectivity index (χ3n) is 3.56. The van der Waals surface area contributed by atoms with E-state index < -0.39 is 0 Å². The molecule has 114 valence electrons. The van der Waals surface area contributed by atoms with Gasteiger partial charge in [-0.05, 0) is 47.0 Å². The molecule has 1 aliphatic heterocycles. The van der Waals surface area contributed by atoms with Crippen LogP contribution < -0.4 is 16.8 Å². The minimum absolute atomic E-state index is 0.107. The fourth-order valence-corrected chi connectivity index (χ4v) is 2.77. The molecule has 7 heteroatoms. The van der Waals surface area contributed by atoms with Crippen LogP contribution in [0.25, 0.3) is 0 Å². The third kappa shape index (κ3) is 4.44. The predicted octanol–water partition coefficient (Wildman–Crippen LogP) is 0.711. The molecule has 1 aromatic carbocycles. The van der Waals surface area contributed by atoms with Gasteiger partial charge in [0.15, 0.2) is 0 Å². The number of nitrogens with one attached hydrogen (secondary N) is 1. The summed E-state index contributed by atoms with van der Waals surface area (Å²) in [6, 6.07) is 5.25. The number of piperidine rings is 1. The van der Waals surface area contributed by atoms with Crippen LogP contribution in [0.5, 0.6) is 0 Å². The molecule has 5 N–H and O–H groups in total. The van der Waals surface area contributed by atoms with E-state index in [-0.39, 0.29) is 24.4 Å². The number of primary amides is 1. The number of likely N-dealkylation sites (tertiary alicyclic amines) is 1. The van der Waals surface area contributed by atoms with Gasteiger partial charge in [-0.2, -0.15) is 0 Å². The first-order chi connectivity index (χ1) is 9.95. The molecular formula is C14H19BrN4O2. The molecule has 0 spiro atoms. The van der Waals surface area contributed by atoms with Gasteiger partial charge in [-0.1, -0.05) is 0 Å². The van der Waals surface area contributed by atoms with Gasteiger partial charge in [0.1, 0.15) is 0 Å². The first-order valence-corrected chi connectivity index (χ1v) is 7.61. The molecule has 6 nitrogen and oxygen atoms in total. The van der Waals surface area contributed by atoms with Crippen molar-refractivity contribution in [3.63, 3.8) is 0 Å². The lowest BCUT2D eigenvalue weighted by Crippen LogP contribution is -2.46. The van der Waals surface area contributed by atoms with E-state index in [4.69, 9.17) is 11.5 Å². The highest BCUT2D eigenvalue weighted by Gasteiger charge is 2.22. The van der Waals surface area contributed by atoms with Crippen LogP contribution in [0.3, 0.4) is 0 Å². The van der Waals surface area contributed by atoms with E-state index in [1.54, 1.807) is 18.2 Å². The number of hydrogen-bond donors (Lipinski definition) is 3. The summed E-state index contributed by atoms with van der Waals surface area (Å²) in [6.07, 6.45) is 1.63. The highest BCUT2D eigenvalue weighted by molar-refractivity contribution is 9.10. The van der Waals surface area contributed by atoms with Crippen molar-refractivity contribution in [2.24, 2.45) is 5.73 Å². The highest BCUT2D eigenvalue weighted by Crippen LogP contribution is 2.20. The van der Waals surface area contributed by atoms with Gasteiger partial charge in [0.05, 0.1) is 6.54 Å². The van der Waals surface area contributed by atoms with E-state index in [0.717, 1.165) is 25.9 Å². The molecule has 1 heterocycles. The molecule has 2 amide bonds. The quantitative estimate of drug-likeness (QED) is 0.693. The van der Waals surface area contributed by atoms with Crippen molar-refractivity contribution in [1.29, 1.82) is 0 Å². The fraction of sp³-hybridized carbons (Fsp3) is 0.429. The predicted molar refractivity (Wildman–Crippen MR) is 84.7 cm³/mol. The Kier molecular flexibility index (Phi) is 5.19. The average molecular weight is 355 g/mol. The Labute approximate surface area is 132 Å². The second-order valence-electron chi connectivity index (χ2n) is 5.23. The van der Waals surface area contributed by atoms with Crippen LogP contribution in [0.2, 0.25) is 0 Å². The number of halogens is 1. The zero-order valence-electron chi connectivity index (χ0n) is 11.6. The second kappa shape index (κ2) is 6.91. The largest absolute Gasteiger partial charge is 0.398 e. The Bertz CT molecular complexity index is 542. The molecular weight excluding hydrogens is 336 g/mol. The molecule has 0 radical (unpaired) electrons. The maximum Gasteiger partial charge on any atom is 0.251 e. The van der Waals surface area contributed by atoms with E-state index in [0.29, 0.717) is 15.7 Å². The van der Waals surface area contributed by atoms with Crippen LogP contribution in [-0.4, -0.2) is 42.4 Å². The van der Waals surface area contributed by atoms with Crippen LogP contribution in [-0.2, 0) is 4.79 Å². The molecule has 0 aliphatic carbocycles. The van der Waals surface area contributed by atoms with E-state index in [1.165, 1.54) is 0 Å². The van der Waals surface area contributed by atoms with Gasteiger partial charge in [-0.25, -0.2) is 0 Å². The summed E-state index contributed by atoms with van der Waals surface area (Å²) in [6.45, 7) is 1.81. The number of nitrogens with zero attached hydrogens (tertiary/aromatic N) is 1. The third-order valence-corrected chi connectivity index (χ3v) is 4.25. The summed E-state index contributed by atoms with van der Waals surface area (Å²) in [5.74, 6) is -0.423. The number of carbonyl (C=O) groups excluding carboxylic acids is 2. The zero-order chi connectivity index (χ0) is 15.4. The van der Waals surface area contributed by atoms with Crippen molar-refractivity contribution >= 4 is 33.4 Å². The maximum absolute atomic E-state index is 12.2. The summed E-state index contributed by atoms with van der Waals surface area (Å²) >= 11 is 3.31. The molecule has 1 aromatic rings. The van der Waals surface area contributed by atoms with Crippen LogP contribution in [0.15, 0.2) is 22.7 Å². The summed E-state index contributed by atoms with van der Waals surface area (Å²) in [5, 5.41) is 3.01. The van der Waals surface area contributed by atoms with Gasteiger partial charge in [0.2, 0.25) is 5.91 Å². The topological polar surface area (TPSA) is 101 Å². The molecule has 1 fully saturated rings. The van der Waals surface area contributed by atoms with Crippen molar-refractivity contribution in [3.05, 3.63) is 28.2 Å². The van der Waals surface area contributed by atoms with E-state index in [1.807, 2.05) is 4.90 Å². The number of carbonyl (C=O) groups is 2.